The quantitative estimate of drug-likeness (QED) is 0.460. The van der Waals surface area contributed by atoms with Crippen LogP contribution in [0.1, 0.15) is 77.6 Å². The smallest absolute Gasteiger partial charge is 0.0210 e. The van der Waals surface area contributed by atoms with Gasteiger partial charge in [-0.2, -0.15) is 0 Å². The Labute approximate surface area is 95.8 Å². The van der Waals surface area contributed by atoms with Crippen LogP contribution in [0.25, 0.3) is 0 Å². The minimum absolute atomic E-state index is 1.07. The SMILES string of the molecule is CCCC[C](CCCCC1CC1)C1CC1. The topological polar surface area (TPSA) is 0 Å². The lowest BCUT2D eigenvalue weighted by Crippen LogP contribution is -2.00. The number of hydrogen-bond donors (Lipinski definition) is 0. The second kappa shape index (κ2) is 5.92. The van der Waals surface area contributed by atoms with Crippen LogP contribution in [-0.2, 0) is 0 Å². The molecule has 2 saturated carbocycles. The first kappa shape index (κ1) is 11.5. The van der Waals surface area contributed by atoms with Gasteiger partial charge < -0.3 is 0 Å². The lowest BCUT2D eigenvalue weighted by Gasteiger charge is -2.14. The third kappa shape index (κ3) is 4.57. The molecule has 2 fully saturated rings. The zero-order valence-electron chi connectivity index (χ0n) is 10.4. The summed E-state index contributed by atoms with van der Waals surface area (Å²) in [6.45, 7) is 2.32. The zero-order valence-corrected chi connectivity index (χ0v) is 10.4. The van der Waals surface area contributed by atoms with E-state index >= 15 is 0 Å². The number of hydrogen-bond acceptors (Lipinski definition) is 0. The zero-order chi connectivity index (χ0) is 10.5. The predicted octanol–water partition coefficient (Wildman–Crippen LogP) is 5.13. The van der Waals surface area contributed by atoms with Gasteiger partial charge in [-0.05, 0) is 43.4 Å². The van der Waals surface area contributed by atoms with Gasteiger partial charge in [0.25, 0.3) is 0 Å². The second-order valence-electron chi connectivity index (χ2n) is 5.73. The van der Waals surface area contributed by atoms with Crippen LogP contribution in [0.4, 0.5) is 0 Å². The van der Waals surface area contributed by atoms with Crippen molar-refractivity contribution in [3.8, 4) is 0 Å². The summed E-state index contributed by atoms with van der Waals surface area (Å²) in [4.78, 5) is 0. The molecule has 2 aliphatic rings. The molecule has 0 heterocycles. The second-order valence-corrected chi connectivity index (χ2v) is 5.73. The molecular formula is C15H27. The van der Waals surface area contributed by atoms with E-state index in [-0.39, 0.29) is 0 Å². The summed E-state index contributed by atoms with van der Waals surface area (Å²) in [5.41, 5.74) is 0. The maximum atomic E-state index is 2.32. The van der Waals surface area contributed by atoms with E-state index in [2.05, 4.69) is 6.92 Å². The van der Waals surface area contributed by atoms with Gasteiger partial charge in [0.05, 0.1) is 0 Å². The highest BCUT2D eigenvalue weighted by molar-refractivity contribution is 5.03. The van der Waals surface area contributed by atoms with Gasteiger partial charge in [0.1, 0.15) is 0 Å². The van der Waals surface area contributed by atoms with Gasteiger partial charge in [-0.25, -0.2) is 0 Å². The van der Waals surface area contributed by atoms with Crippen molar-refractivity contribution in [2.75, 3.05) is 0 Å². The van der Waals surface area contributed by atoms with Crippen LogP contribution in [0.3, 0.4) is 0 Å². The van der Waals surface area contributed by atoms with Gasteiger partial charge in [-0.3, -0.25) is 0 Å². The van der Waals surface area contributed by atoms with Crippen LogP contribution in [0.15, 0.2) is 0 Å². The molecule has 0 spiro atoms. The third-order valence-corrected chi connectivity index (χ3v) is 4.06. The van der Waals surface area contributed by atoms with Crippen molar-refractivity contribution >= 4 is 0 Å². The molecule has 0 amide bonds. The minimum atomic E-state index is 1.07. The monoisotopic (exact) mass is 207 g/mol. The van der Waals surface area contributed by atoms with Crippen LogP contribution in [-0.4, -0.2) is 0 Å². The fraction of sp³-hybridized carbons (Fsp3) is 0.933. The van der Waals surface area contributed by atoms with E-state index in [0.717, 1.165) is 11.8 Å². The maximum Gasteiger partial charge on any atom is -0.0210 e. The van der Waals surface area contributed by atoms with E-state index < -0.39 is 0 Å². The molecule has 0 aromatic carbocycles. The molecule has 0 saturated heterocycles. The van der Waals surface area contributed by atoms with E-state index in [0.29, 0.717) is 0 Å². The first-order valence-corrected chi connectivity index (χ1v) is 7.24. The summed E-state index contributed by atoms with van der Waals surface area (Å²) in [6, 6.07) is 0. The van der Waals surface area contributed by atoms with Gasteiger partial charge in [-0.15, -0.1) is 0 Å². The van der Waals surface area contributed by atoms with E-state index in [1.807, 2.05) is 5.92 Å². The van der Waals surface area contributed by atoms with Gasteiger partial charge in [-0.1, -0.05) is 51.9 Å². The van der Waals surface area contributed by atoms with Crippen LogP contribution in [0.2, 0.25) is 0 Å². The maximum absolute atomic E-state index is 2.32. The van der Waals surface area contributed by atoms with Crippen LogP contribution >= 0.6 is 0 Å². The minimum Gasteiger partial charge on any atom is -0.0654 e. The highest BCUT2D eigenvalue weighted by Gasteiger charge is 2.30. The van der Waals surface area contributed by atoms with Crippen molar-refractivity contribution in [3.63, 3.8) is 0 Å². The molecule has 0 aromatic heterocycles. The van der Waals surface area contributed by atoms with E-state index in [9.17, 15) is 0 Å². The third-order valence-electron chi connectivity index (χ3n) is 4.06. The number of unbranched alkanes of at least 4 members (excludes halogenated alkanes) is 2. The number of rotatable bonds is 9. The van der Waals surface area contributed by atoms with Crippen LogP contribution in [0.5, 0.6) is 0 Å². The fourth-order valence-electron chi connectivity index (χ4n) is 2.62. The molecule has 2 rings (SSSR count). The van der Waals surface area contributed by atoms with Crippen molar-refractivity contribution < 1.29 is 0 Å². The van der Waals surface area contributed by atoms with Crippen molar-refractivity contribution in [2.45, 2.75) is 77.6 Å². The van der Waals surface area contributed by atoms with E-state index in [1.54, 1.807) is 0 Å². The average Bonchev–Trinajstić information content (AvgIpc) is 3.09. The largest absolute Gasteiger partial charge is 0.0654 e. The summed E-state index contributed by atoms with van der Waals surface area (Å²) in [7, 11) is 0. The Morgan fingerprint density at radius 2 is 1.67 bits per heavy atom. The molecule has 15 heavy (non-hydrogen) atoms. The lowest BCUT2D eigenvalue weighted by molar-refractivity contribution is 0.546. The Morgan fingerprint density at radius 3 is 2.27 bits per heavy atom. The summed E-state index contributed by atoms with van der Waals surface area (Å²) >= 11 is 0. The first-order chi connectivity index (χ1) is 7.40. The molecule has 1 radical (unpaired) electrons. The Bertz CT molecular complexity index is 165. The molecule has 0 N–H and O–H groups in total. The Balaban J connectivity index is 1.51. The van der Waals surface area contributed by atoms with Crippen molar-refractivity contribution in [3.05, 3.63) is 5.92 Å². The van der Waals surface area contributed by atoms with Gasteiger partial charge in [0, 0.05) is 0 Å². The van der Waals surface area contributed by atoms with E-state index in [4.69, 9.17) is 0 Å². The summed E-state index contributed by atoms with van der Waals surface area (Å²) < 4.78 is 0. The summed E-state index contributed by atoms with van der Waals surface area (Å²) in [5.74, 6) is 4.15. The van der Waals surface area contributed by atoms with Crippen molar-refractivity contribution in [2.24, 2.45) is 11.8 Å². The van der Waals surface area contributed by atoms with Gasteiger partial charge >= 0.3 is 0 Å². The standard InChI is InChI=1S/C15H27/c1-2-3-7-14(15-11-12-15)8-5-4-6-13-9-10-13/h13,15H,2-12H2,1H3. The molecular weight excluding hydrogens is 180 g/mol. The Hall–Kier alpha value is 0. The molecule has 0 atom stereocenters. The average molecular weight is 207 g/mol. The molecule has 2 aliphatic carbocycles. The fourth-order valence-corrected chi connectivity index (χ4v) is 2.62. The highest BCUT2D eigenvalue weighted by atomic mass is 14.4. The molecule has 0 bridgehead atoms. The molecule has 0 unspecified atom stereocenters. The first-order valence-electron chi connectivity index (χ1n) is 7.24. The molecule has 0 nitrogen and oxygen atoms in total. The molecule has 0 aromatic rings. The van der Waals surface area contributed by atoms with Crippen molar-refractivity contribution in [1.29, 1.82) is 0 Å². The lowest BCUT2D eigenvalue weighted by atomic mass is 9.91. The summed E-state index contributed by atoms with van der Waals surface area (Å²) in [5, 5.41) is 0. The molecule has 87 valence electrons. The van der Waals surface area contributed by atoms with Crippen LogP contribution < -0.4 is 0 Å². The van der Waals surface area contributed by atoms with Gasteiger partial charge in [0.2, 0.25) is 0 Å². The van der Waals surface area contributed by atoms with Gasteiger partial charge in [0.15, 0.2) is 0 Å². The Morgan fingerprint density at radius 1 is 0.933 bits per heavy atom. The normalized spacial score (nSPS) is 21.2. The predicted molar refractivity (Wildman–Crippen MR) is 66.7 cm³/mol. The Kier molecular flexibility index (Phi) is 4.53. The highest BCUT2D eigenvalue weighted by Crippen LogP contribution is 2.43. The van der Waals surface area contributed by atoms with Crippen molar-refractivity contribution in [1.82, 2.24) is 0 Å². The molecule has 0 heteroatoms. The van der Waals surface area contributed by atoms with Crippen LogP contribution in [0, 0.1) is 17.8 Å². The molecule has 0 aliphatic heterocycles. The van der Waals surface area contributed by atoms with E-state index in [1.165, 1.54) is 70.6 Å². The summed E-state index contributed by atoms with van der Waals surface area (Å²) in [6.07, 6.45) is 16.4.